The van der Waals surface area contributed by atoms with Crippen LogP contribution in [0.3, 0.4) is 0 Å². The molecule has 5 nitrogen and oxygen atoms in total. The van der Waals surface area contributed by atoms with Gasteiger partial charge in [-0.2, -0.15) is 0 Å². The normalized spacial score (nSPS) is 19.7. The van der Waals surface area contributed by atoms with Crippen molar-refractivity contribution in [3.05, 3.63) is 12.7 Å². The summed E-state index contributed by atoms with van der Waals surface area (Å²) in [6.45, 7) is 6.65. The minimum absolute atomic E-state index is 0.0414. The van der Waals surface area contributed by atoms with Gasteiger partial charge >= 0.3 is 0 Å². The van der Waals surface area contributed by atoms with Crippen LogP contribution in [0.1, 0.15) is 0 Å². The van der Waals surface area contributed by atoms with Crippen molar-refractivity contribution in [1.82, 2.24) is 4.90 Å². The lowest BCUT2D eigenvalue weighted by Crippen LogP contribution is -2.60. The lowest BCUT2D eigenvalue weighted by atomic mass is 10.2. The molecule has 0 aromatic rings. The number of likely N-dealkylation sites (N-methyl/N-ethyl adjacent to an activating group) is 1. The van der Waals surface area contributed by atoms with Gasteiger partial charge in [-0.3, -0.25) is 9.59 Å². The summed E-state index contributed by atoms with van der Waals surface area (Å²) in [5.74, 6) is -0.332. The standard InChI is InChI=1S/C10H17N3O2/c1-3-10(15)12-4-6-13(2,7-5-12)8-9(11)14/h3H,1,4-8H2,2H3,(H-,11,14)/p+1. The zero-order valence-corrected chi connectivity index (χ0v) is 9.11. The molecule has 1 heterocycles. The number of amides is 2. The van der Waals surface area contributed by atoms with Gasteiger partial charge in [0, 0.05) is 0 Å². The van der Waals surface area contributed by atoms with E-state index in [-0.39, 0.29) is 11.8 Å². The van der Waals surface area contributed by atoms with Crippen LogP contribution in [0.2, 0.25) is 0 Å². The van der Waals surface area contributed by atoms with Crippen LogP contribution in [0.25, 0.3) is 0 Å². The van der Waals surface area contributed by atoms with Gasteiger partial charge in [0.1, 0.15) is 0 Å². The van der Waals surface area contributed by atoms with Crippen molar-refractivity contribution in [2.24, 2.45) is 5.73 Å². The third-order valence-electron chi connectivity index (χ3n) is 2.84. The molecule has 1 rings (SSSR count). The molecule has 1 saturated heterocycles. The summed E-state index contributed by atoms with van der Waals surface area (Å²) in [6.07, 6.45) is 1.32. The number of nitrogens with two attached hydrogens (primary N) is 1. The molecule has 0 atom stereocenters. The van der Waals surface area contributed by atoms with Crippen LogP contribution in [0.4, 0.5) is 0 Å². The van der Waals surface area contributed by atoms with Gasteiger partial charge < -0.3 is 15.1 Å². The molecule has 0 aromatic heterocycles. The highest BCUT2D eigenvalue weighted by atomic mass is 16.2. The maximum atomic E-state index is 11.3. The van der Waals surface area contributed by atoms with Crippen molar-refractivity contribution in [3.8, 4) is 0 Å². The lowest BCUT2D eigenvalue weighted by Gasteiger charge is -2.40. The molecule has 1 aliphatic heterocycles. The number of carbonyl (C=O) groups is 2. The molecule has 0 aromatic carbocycles. The molecule has 2 N–H and O–H groups in total. The molecule has 0 aliphatic carbocycles. The molecule has 2 amide bonds. The molecular formula is C10H18N3O2+. The van der Waals surface area contributed by atoms with Crippen LogP contribution < -0.4 is 5.73 Å². The Morgan fingerprint density at radius 3 is 2.40 bits per heavy atom. The van der Waals surface area contributed by atoms with Crippen LogP contribution in [-0.2, 0) is 9.59 Å². The first-order valence-corrected chi connectivity index (χ1v) is 5.00. The summed E-state index contributed by atoms with van der Waals surface area (Å²) >= 11 is 0. The van der Waals surface area contributed by atoms with Crippen LogP contribution >= 0.6 is 0 Å². The van der Waals surface area contributed by atoms with E-state index in [1.165, 1.54) is 6.08 Å². The number of nitrogens with zero attached hydrogens (tertiary/aromatic N) is 2. The minimum Gasteiger partial charge on any atom is -0.365 e. The zero-order chi connectivity index (χ0) is 11.5. The third kappa shape index (κ3) is 3.06. The van der Waals surface area contributed by atoms with E-state index in [4.69, 9.17) is 5.73 Å². The van der Waals surface area contributed by atoms with Crippen LogP contribution in [0.5, 0.6) is 0 Å². The number of primary amides is 1. The van der Waals surface area contributed by atoms with Crippen molar-refractivity contribution in [2.75, 3.05) is 39.8 Å². The fourth-order valence-corrected chi connectivity index (χ4v) is 1.83. The Labute approximate surface area is 89.7 Å². The van der Waals surface area contributed by atoms with E-state index in [1.54, 1.807) is 4.90 Å². The molecule has 15 heavy (non-hydrogen) atoms. The first-order chi connectivity index (χ1) is 6.97. The Morgan fingerprint density at radius 2 is 2.00 bits per heavy atom. The fraction of sp³-hybridized carbons (Fsp3) is 0.600. The van der Waals surface area contributed by atoms with E-state index in [9.17, 15) is 9.59 Å². The minimum atomic E-state index is -0.291. The van der Waals surface area contributed by atoms with Crippen molar-refractivity contribution in [3.63, 3.8) is 0 Å². The number of carbonyl (C=O) groups excluding carboxylic acids is 2. The molecular weight excluding hydrogens is 194 g/mol. The van der Waals surface area contributed by atoms with Crippen LogP contribution in [0, 0.1) is 0 Å². The lowest BCUT2D eigenvalue weighted by molar-refractivity contribution is -0.905. The molecule has 0 saturated carbocycles. The van der Waals surface area contributed by atoms with Gasteiger partial charge in [-0.1, -0.05) is 6.58 Å². The quantitative estimate of drug-likeness (QED) is 0.479. The number of piperazine rings is 1. The second-order valence-electron chi connectivity index (χ2n) is 4.22. The van der Waals surface area contributed by atoms with Crippen molar-refractivity contribution in [2.45, 2.75) is 0 Å². The summed E-state index contributed by atoms with van der Waals surface area (Å²) in [4.78, 5) is 23.9. The van der Waals surface area contributed by atoms with Crippen molar-refractivity contribution in [1.29, 1.82) is 0 Å². The van der Waals surface area contributed by atoms with Crippen LogP contribution in [0.15, 0.2) is 12.7 Å². The molecule has 1 aliphatic rings. The topological polar surface area (TPSA) is 63.4 Å². The highest BCUT2D eigenvalue weighted by Gasteiger charge is 2.31. The molecule has 0 bridgehead atoms. The maximum Gasteiger partial charge on any atom is 0.272 e. The Hall–Kier alpha value is -1.36. The van der Waals surface area contributed by atoms with Gasteiger partial charge in [0.2, 0.25) is 5.91 Å². The van der Waals surface area contributed by atoms with E-state index in [0.717, 1.165) is 13.1 Å². The average Bonchev–Trinajstić information content (AvgIpc) is 2.16. The number of rotatable bonds is 3. The maximum absolute atomic E-state index is 11.3. The summed E-state index contributed by atoms with van der Waals surface area (Å²) in [5, 5.41) is 0. The number of hydrogen-bond donors (Lipinski definition) is 1. The van der Waals surface area contributed by atoms with Crippen LogP contribution in [-0.4, -0.2) is 61.0 Å². The summed E-state index contributed by atoms with van der Waals surface area (Å²) in [6, 6.07) is 0. The molecule has 1 fully saturated rings. The Morgan fingerprint density at radius 1 is 1.47 bits per heavy atom. The Bertz CT molecular complexity index is 280. The van der Waals surface area contributed by atoms with Gasteiger partial charge in [0.15, 0.2) is 6.54 Å². The molecule has 0 unspecified atom stereocenters. The van der Waals surface area contributed by atoms with Gasteiger partial charge in [-0.05, 0) is 6.08 Å². The molecule has 84 valence electrons. The highest BCUT2D eigenvalue weighted by Crippen LogP contribution is 2.09. The smallest absolute Gasteiger partial charge is 0.272 e. The van der Waals surface area contributed by atoms with E-state index >= 15 is 0 Å². The molecule has 0 radical (unpaired) electrons. The first kappa shape index (κ1) is 11.7. The Balaban J connectivity index is 2.51. The summed E-state index contributed by atoms with van der Waals surface area (Å²) in [7, 11) is 1.99. The monoisotopic (exact) mass is 212 g/mol. The van der Waals surface area contributed by atoms with E-state index < -0.39 is 0 Å². The Kier molecular flexibility index (Phi) is 3.47. The SMILES string of the molecule is C=CC(=O)N1CC[N+](C)(CC(N)=O)CC1. The predicted octanol–water partition coefficient (Wildman–Crippen LogP) is -1.05. The third-order valence-corrected chi connectivity index (χ3v) is 2.84. The van der Waals surface area contributed by atoms with Gasteiger partial charge in [-0.15, -0.1) is 0 Å². The van der Waals surface area contributed by atoms with Crippen molar-refractivity contribution < 1.29 is 14.1 Å². The number of quaternary nitrogens is 1. The van der Waals surface area contributed by atoms with Gasteiger partial charge in [0.25, 0.3) is 5.91 Å². The van der Waals surface area contributed by atoms with E-state index in [1.807, 2.05) is 7.05 Å². The summed E-state index contributed by atoms with van der Waals surface area (Å²) < 4.78 is 0.621. The fourth-order valence-electron chi connectivity index (χ4n) is 1.83. The van der Waals surface area contributed by atoms with E-state index in [0.29, 0.717) is 24.1 Å². The molecule has 5 heteroatoms. The number of hydrogen-bond acceptors (Lipinski definition) is 2. The second-order valence-corrected chi connectivity index (χ2v) is 4.22. The van der Waals surface area contributed by atoms with Crippen molar-refractivity contribution >= 4 is 11.8 Å². The van der Waals surface area contributed by atoms with Gasteiger partial charge in [-0.25, -0.2) is 0 Å². The average molecular weight is 212 g/mol. The van der Waals surface area contributed by atoms with Gasteiger partial charge in [0.05, 0.1) is 33.2 Å². The predicted molar refractivity (Wildman–Crippen MR) is 56.8 cm³/mol. The molecule has 0 spiro atoms. The largest absolute Gasteiger partial charge is 0.365 e. The van der Waals surface area contributed by atoms with E-state index in [2.05, 4.69) is 6.58 Å². The summed E-state index contributed by atoms with van der Waals surface area (Å²) in [5.41, 5.74) is 5.18. The first-order valence-electron chi connectivity index (χ1n) is 5.00. The second kappa shape index (κ2) is 4.44. The zero-order valence-electron chi connectivity index (χ0n) is 9.11. The highest BCUT2D eigenvalue weighted by molar-refractivity contribution is 5.87.